The van der Waals surface area contributed by atoms with Crippen LogP contribution in [0.25, 0.3) is 11.1 Å². The Hall–Kier alpha value is -3.22. The molecule has 2 aromatic carbocycles. The Labute approximate surface area is 152 Å². The van der Waals surface area contributed by atoms with Crippen LogP contribution >= 0.6 is 0 Å². The van der Waals surface area contributed by atoms with Crippen molar-refractivity contribution in [3.63, 3.8) is 0 Å². The number of nitrogens with one attached hydrogen (secondary N) is 1. The molecule has 1 heterocycles. The van der Waals surface area contributed by atoms with E-state index >= 15 is 0 Å². The summed E-state index contributed by atoms with van der Waals surface area (Å²) in [6.45, 7) is 1.71. The van der Waals surface area contributed by atoms with E-state index in [1.165, 1.54) is 48.7 Å². The van der Waals surface area contributed by atoms with Crippen LogP contribution in [0.3, 0.4) is 0 Å². The molecule has 0 spiro atoms. The minimum atomic E-state index is -4.48. The van der Waals surface area contributed by atoms with E-state index in [2.05, 4.69) is 10.3 Å². The van der Waals surface area contributed by atoms with Gasteiger partial charge in [0.25, 0.3) is 5.91 Å². The third kappa shape index (κ3) is 4.13. The number of aryl methyl sites for hydroxylation is 1. The number of hydrogen-bond acceptors (Lipinski definition) is 2. The van der Waals surface area contributed by atoms with Crippen molar-refractivity contribution in [2.24, 2.45) is 0 Å². The molecule has 138 valence electrons. The monoisotopic (exact) mass is 374 g/mol. The highest BCUT2D eigenvalue weighted by Gasteiger charge is 2.33. The van der Waals surface area contributed by atoms with E-state index in [1.54, 1.807) is 6.92 Å². The molecular formula is C20H14F4N2O. The summed E-state index contributed by atoms with van der Waals surface area (Å²) in [7, 11) is 0. The summed E-state index contributed by atoms with van der Waals surface area (Å²) < 4.78 is 53.3. The van der Waals surface area contributed by atoms with E-state index < -0.39 is 23.5 Å². The molecule has 1 N–H and O–H groups in total. The Morgan fingerprint density at radius 2 is 1.74 bits per heavy atom. The van der Waals surface area contributed by atoms with Crippen LogP contribution in [-0.4, -0.2) is 10.9 Å². The average Bonchev–Trinajstić information content (AvgIpc) is 2.61. The number of benzene rings is 2. The Morgan fingerprint density at radius 1 is 1.04 bits per heavy atom. The number of amides is 1. The molecule has 1 amide bonds. The van der Waals surface area contributed by atoms with E-state index in [9.17, 15) is 22.4 Å². The fraction of sp³-hybridized carbons (Fsp3) is 0.100. The molecule has 3 nitrogen and oxygen atoms in total. The van der Waals surface area contributed by atoms with Gasteiger partial charge in [0, 0.05) is 11.9 Å². The van der Waals surface area contributed by atoms with Crippen LogP contribution in [0, 0.1) is 12.7 Å². The van der Waals surface area contributed by atoms with Crippen LogP contribution in [0.15, 0.2) is 60.9 Å². The number of rotatable bonds is 3. The van der Waals surface area contributed by atoms with Gasteiger partial charge in [-0.2, -0.15) is 13.2 Å². The summed E-state index contributed by atoms with van der Waals surface area (Å²) in [5.41, 5.74) is 0.542. The van der Waals surface area contributed by atoms with Gasteiger partial charge in [0.1, 0.15) is 0 Å². The van der Waals surface area contributed by atoms with Crippen molar-refractivity contribution in [3.8, 4) is 11.1 Å². The number of pyridine rings is 1. The van der Waals surface area contributed by atoms with Gasteiger partial charge in [-0.25, -0.2) is 4.39 Å². The van der Waals surface area contributed by atoms with Gasteiger partial charge >= 0.3 is 6.18 Å². The van der Waals surface area contributed by atoms with Gasteiger partial charge in [0.05, 0.1) is 17.3 Å². The zero-order chi connectivity index (χ0) is 19.6. The van der Waals surface area contributed by atoms with Gasteiger partial charge in [-0.3, -0.25) is 9.78 Å². The van der Waals surface area contributed by atoms with Crippen LogP contribution in [-0.2, 0) is 6.18 Å². The number of hydrogen-bond donors (Lipinski definition) is 1. The normalized spacial score (nSPS) is 11.3. The lowest BCUT2D eigenvalue weighted by Crippen LogP contribution is -2.13. The highest BCUT2D eigenvalue weighted by atomic mass is 19.4. The van der Waals surface area contributed by atoms with E-state index in [0.29, 0.717) is 16.8 Å². The van der Waals surface area contributed by atoms with Crippen LogP contribution < -0.4 is 5.32 Å². The molecule has 0 saturated carbocycles. The van der Waals surface area contributed by atoms with Gasteiger partial charge in [-0.15, -0.1) is 0 Å². The largest absolute Gasteiger partial charge is 0.417 e. The molecule has 3 aromatic rings. The average molecular weight is 374 g/mol. The van der Waals surface area contributed by atoms with Crippen molar-refractivity contribution in [3.05, 3.63) is 83.4 Å². The van der Waals surface area contributed by atoms with Crippen LogP contribution in [0.2, 0.25) is 0 Å². The maximum atomic E-state index is 13.6. The fourth-order valence-electron chi connectivity index (χ4n) is 2.64. The van der Waals surface area contributed by atoms with Gasteiger partial charge in [0.2, 0.25) is 0 Å². The van der Waals surface area contributed by atoms with E-state index in [-0.39, 0.29) is 11.1 Å². The molecule has 0 saturated heterocycles. The smallest absolute Gasteiger partial charge is 0.322 e. The Kier molecular flexibility index (Phi) is 4.94. The predicted molar refractivity (Wildman–Crippen MR) is 93.8 cm³/mol. The topological polar surface area (TPSA) is 42.0 Å². The minimum absolute atomic E-state index is 0.0561. The van der Waals surface area contributed by atoms with Crippen LogP contribution in [0.4, 0.5) is 23.2 Å². The number of carbonyl (C=O) groups is 1. The molecule has 0 atom stereocenters. The molecule has 1 aromatic heterocycles. The summed E-state index contributed by atoms with van der Waals surface area (Å²) in [6, 6.07) is 11.0. The highest BCUT2D eigenvalue weighted by Crippen LogP contribution is 2.37. The Morgan fingerprint density at radius 3 is 2.37 bits per heavy atom. The Balaban J connectivity index is 1.88. The predicted octanol–water partition coefficient (Wildman–Crippen LogP) is 5.47. The van der Waals surface area contributed by atoms with Gasteiger partial charge < -0.3 is 5.32 Å². The molecule has 0 aliphatic heterocycles. The standard InChI is InChI=1S/C20H14F4N2O/c1-12-2-7-17(20(22,23)24)16(10-12)13-3-5-14(6-4-13)26-19(27)15-8-9-25-11-18(15)21/h2-11H,1H3,(H,26,27). The van der Waals surface area contributed by atoms with E-state index in [4.69, 9.17) is 0 Å². The summed E-state index contributed by atoms with van der Waals surface area (Å²) in [5.74, 6) is -1.43. The van der Waals surface area contributed by atoms with Crippen molar-refractivity contribution in [2.75, 3.05) is 5.32 Å². The van der Waals surface area contributed by atoms with E-state index in [1.807, 2.05) is 0 Å². The first-order valence-electron chi connectivity index (χ1n) is 7.95. The molecular weight excluding hydrogens is 360 g/mol. The number of halogens is 4. The van der Waals surface area contributed by atoms with Crippen molar-refractivity contribution >= 4 is 11.6 Å². The molecule has 27 heavy (non-hydrogen) atoms. The van der Waals surface area contributed by atoms with Crippen molar-refractivity contribution in [1.82, 2.24) is 4.98 Å². The molecule has 3 rings (SSSR count). The number of aromatic nitrogens is 1. The van der Waals surface area contributed by atoms with Crippen LogP contribution in [0.1, 0.15) is 21.5 Å². The number of carbonyl (C=O) groups excluding carboxylic acids is 1. The van der Waals surface area contributed by atoms with Gasteiger partial charge in [0.15, 0.2) is 5.82 Å². The third-order valence-electron chi connectivity index (χ3n) is 3.95. The van der Waals surface area contributed by atoms with E-state index in [0.717, 1.165) is 12.3 Å². The number of nitrogens with zero attached hydrogens (tertiary/aromatic N) is 1. The van der Waals surface area contributed by atoms with Crippen molar-refractivity contribution in [2.45, 2.75) is 13.1 Å². The maximum absolute atomic E-state index is 13.6. The minimum Gasteiger partial charge on any atom is -0.322 e. The lowest BCUT2D eigenvalue weighted by atomic mass is 9.97. The fourth-order valence-corrected chi connectivity index (χ4v) is 2.64. The lowest BCUT2D eigenvalue weighted by Gasteiger charge is -2.14. The number of anilines is 1. The second kappa shape index (κ2) is 7.19. The summed E-state index contributed by atoms with van der Waals surface area (Å²) >= 11 is 0. The second-order valence-electron chi connectivity index (χ2n) is 5.93. The highest BCUT2D eigenvalue weighted by molar-refractivity contribution is 6.04. The van der Waals surface area contributed by atoms with Crippen LogP contribution in [0.5, 0.6) is 0 Å². The first kappa shape index (κ1) is 18.6. The first-order valence-corrected chi connectivity index (χ1v) is 7.95. The summed E-state index contributed by atoms with van der Waals surface area (Å²) in [6.07, 6.45) is -2.26. The van der Waals surface area contributed by atoms with Gasteiger partial charge in [-0.05, 0) is 42.3 Å². The number of alkyl halides is 3. The van der Waals surface area contributed by atoms with Crippen molar-refractivity contribution < 1.29 is 22.4 Å². The molecule has 7 heteroatoms. The zero-order valence-electron chi connectivity index (χ0n) is 14.1. The SMILES string of the molecule is Cc1ccc(C(F)(F)F)c(-c2ccc(NC(=O)c3ccncc3F)cc2)c1. The first-order chi connectivity index (χ1) is 12.8. The maximum Gasteiger partial charge on any atom is 0.417 e. The molecule has 0 bridgehead atoms. The zero-order valence-corrected chi connectivity index (χ0v) is 14.1. The molecule has 0 aliphatic rings. The quantitative estimate of drug-likeness (QED) is 0.618. The summed E-state index contributed by atoms with van der Waals surface area (Å²) in [5, 5.41) is 2.51. The summed E-state index contributed by atoms with van der Waals surface area (Å²) in [4.78, 5) is 15.7. The molecule has 0 aliphatic carbocycles. The Bertz CT molecular complexity index is 982. The molecule has 0 radical (unpaired) electrons. The molecule has 0 fully saturated rings. The third-order valence-corrected chi connectivity index (χ3v) is 3.95. The molecule has 0 unspecified atom stereocenters. The van der Waals surface area contributed by atoms with Crippen molar-refractivity contribution in [1.29, 1.82) is 0 Å². The second-order valence-corrected chi connectivity index (χ2v) is 5.93. The lowest BCUT2D eigenvalue weighted by molar-refractivity contribution is -0.137. The van der Waals surface area contributed by atoms with Gasteiger partial charge in [-0.1, -0.05) is 29.8 Å².